The summed E-state index contributed by atoms with van der Waals surface area (Å²) in [7, 11) is 0. The van der Waals surface area contributed by atoms with Gasteiger partial charge in [-0.15, -0.1) is 12.1 Å². The molecule has 5 aromatic carbocycles. The van der Waals surface area contributed by atoms with Gasteiger partial charge in [0.1, 0.15) is 22.8 Å². The molecule has 0 bridgehead atoms. The van der Waals surface area contributed by atoms with Crippen molar-refractivity contribution in [1.29, 1.82) is 0 Å². The third kappa shape index (κ3) is 13.3. The van der Waals surface area contributed by atoms with Gasteiger partial charge in [-0.05, 0) is 12.1 Å². The first-order chi connectivity index (χ1) is 24.1. The second-order valence-corrected chi connectivity index (χ2v) is 9.77. The van der Waals surface area contributed by atoms with Crippen LogP contribution in [0.3, 0.4) is 0 Å². The molecule has 6 aromatic rings. The predicted octanol–water partition coefficient (Wildman–Crippen LogP) is 8.43. The van der Waals surface area contributed by atoms with Crippen molar-refractivity contribution in [3.05, 3.63) is 217 Å². The number of nitrogens with zero attached hydrogens (tertiary/aromatic N) is 5. The second kappa shape index (κ2) is 23.8. The van der Waals surface area contributed by atoms with Gasteiger partial charge in [-0.2, -0.15) is 24.6 Å². The maximum absolute atomic E-state index is 9.14. The van der Waals surface area contributed by atoms with Gasteiger partial charge in [0.05, 0.1) is 0 Å². The quantitative estimate of drug-likeness (QED) is 0.0594. The van der Waals surface area contributed by atoms with Gasteiger partial charge in [0.2, 0.25) is 0 Å². The average Bonchev–Trinajstić information content (AvgIpc) is 3.19. The van der Waals surface area contributed by atoms with Crippen molar-refractivity contribution in [1.82, 2.24) is 4.98 Å². The summed E-state index contributed by atoms with van der Waals surface area (Å²) in [5.74, 6) is 0. The largest absolute Gasteiger partial charge is 0.410 e. The number of hydrogen-bond donors (Lipinski definition) is 4. The molecule has 1 heterocycles. The minimum atomic E-state index is 0. The van der Waals surface area contributed by atoms with Gasteiger partial charge in [0, 0.05) is 51.4 Å². The van der Waals surface area contributed by atoms with E-state index in [0.29, 0.717) is 22.3 Å². The normalized spacial score (nSPS) is 11.1. The fourth-order valence-electron chi connectivity index (χ4n) is 4.14. The molecule has 1 aromatic heterocycles. The van der Waals surface area contributed by atoms with E-state index in [2.05, 4.69) is 32.5 Å². The van der Waals surface area contributed by atoms with Gasteiger partial charge in [0.25, 0.3) is 0 Å². The summed E-state index contributed by atoms with van der Waals surface area (Å²) < 4.78 is 0. The van der Waals surface area contributed by atoms with Crippen LogP contribution in [0.5, 0.6) is 0 Å². The van der Waals surface area contributed by atoms with Crippen molar-refractivity contribution in [2.24, 2.45) is 20.6 Å². The predicted molar refractivity (Wildman–Crippen MR) is 194 cm³/mol. The molecule has 50 heavy (non-hydrogen) atoms. The first-order valence-corrected chi connectivity index (χ1v) is 15.0. The van der Waals surface area contributed by atoms with E-state index in [1.54, 1.807) is 60.9 Å². The van der Waals surface area contributed by atoms with E-state index in [-0.39, 0.29) is 39.6 Å². The molecular weight excluding hydrogens is 673 g/mol. The number of benzene rings is 5. The fourth-order valence-corrected chi connectivity index (χ4v) is 4.14. The Labute approximate surface area is 302 Å². The Kier molecular flexibility index (Phi) is 18.9. The van der Waals surface area contributed by atoms with Gasteiger partial charge < -0.3 is 20.8 Å². The first kappa shape index (κ1) is 39.7. The topological polar surface area (TPSA) is 143 Å². The monoisotopic (exact) mass is 709 g/mol. The number of hydrogen-bond acceptors (Lipinski definition) is 9. The van der Waals surface area contributed by atoms with E-state index in [0.717, 1.165) is 5.56 Å². The molecule has 0 unspecified atom stereocenters. The summed E-state index contributed by atoms with van der Waals surface area (Å²) in [6, 6.07) is 51.8. The zero-order valence-electron chi connectivity index (χ0n) is 26.9. The number of oxime groups is 4. The number of rotatable bonds is 6. The molecule has 255 valence electrons. The molecule has 0 spiro atoms. The van der Waals surface area contributed by atoms with Crippen molar-refractivity contribution in [2.45, 2.75) is 0 Å². The third-order valence-electron chi connectivity index (χ3n) is 6.45. The Balaban J connectivity index is 0.000000253. The van der Waals surface area contributed by atoms with Gasteiger partial charge in [-0.25, -0.2) is 0 Å². The minimum Gasteiger partial charge on any atom is -0.410 e. The Morgan fingerprint density at radius 1 is 0.360 bits per heavy atom. The van der Waals surface area contributed by atoms with E-state index in [9.17, 15) is 0 Å². The zero-order chi connectivity index (χ0) is 34.9. The fraction of sp³-hybridized carbons (Fsp3) is 0. The molecule has 0 atom stereocenters. The van der Waals surface area contributed by atoms with Gasteiger partial charge in [-0.3, -0.25) is 4.98 Å². The molecule has 1 radical (unpaired) electrons. The van der Waals surface area contributed by atoms with Crippen molar-refractivity contribution >= 4 is 22.8 Å². The van der Waals surface area contributed by atoms with Crippen LogP contribution in [-0.2, 0) is 16.8 Å². The van der Waals surface area contributed by atoms with E-state index >= 15 is 0 Å². The molecule has 0 amide bonds. The van der Waals surface area contributed by atoms with Gasteiger partial charge >= 0.3 is 0 Å². The van der Waals surface area contributed by atoms with Crippen LogP contribution in [0.15, 0.2) is 203 Å². The second-order valence-electron chi connectivity index (χ2n) is 9.77. The Morgan fingerprint density at radius 2 is 0.580 bits per heavy atom. The summed E-state index contributed by atoms with van der Waals surface area (Å²) in [6.45, 7) is 3.72. The van der Waals surface area contributed by atoms with Crippen LogP contribution in [0.25, 0.3) is 0 Å². The van der Waals surface area contributed by atoms with Crippen LogP contribution in [-0.4, -0.2) is 48.7 Å². The van der Waals surface area contributed by atoms with Gasteiger partial charge in [-0.1, -0.05) is 154 Å². The van der Waals surface area contributed by atoms with Crippen molar-refractivity contribution in [2.75, 3.05) is 0 Å². The van der Waals surface area contributed by atoms with Crippen LogP contribution < -0.4 is 0 Å². The van der Waals surface area contributed by atoms with Crippen molar-refractivity contribution in [3.8, 4) is 0 Å². The summed E-state index contributed by atoms with van der Waals surface area (Å²) in [6.07, 6.45) is 3.50. The standard InChI is InChI=1S/2C14H12N2O2.C7H7.C5H5N.Co/c2*17-15-13(11-7-3-1-4-8-11)14(16-18)12-9-5-2-6-10-12;1-7-5-3-2-4-6-7;1-2-4-6-5-3-1;/h2*1-10,17-18H;2-6H,1H2;1-5H;/q;;-1;;/b2*15-13+,16-14+;;;. The molecule has 0 aliphatic rings. The molecule has 0 aliphatic carbocycles. The van der Waals surface area contributed by atoms with Crippen molar-refractivity contribution < 1.29 is 37.6 Å². The molecule has 6 rings (SSSR count). The molecule has 0 aliphatic heterocycles. The number of aromatic nitrogens is 1. The number of pyridine rings is 1. The van der Waals surface area contributed by atoms with Crippen LogP contribution in [0.1, 0.15) is 27.8 Å². The summed E-state index contributed by atoms with van der Waals surface area (Å²) in [5.41, 5.74) is 4.69. The van der Waals surface area contributed by atoms with Crippen molar-refractivity contribution in [3.63, 3.8) is 0 Å². The summed E-state index contributed by atoms with van der Waals surface area (Å²) >= 11 is 0. The molecule has 0 saturated heterocycles. The van der Waals surface area contributed by atoms with E-state index in [1.165, 1.54) is 0 Å². The SMILES string of the molecule is O/N=C(/C(=N/O)c1ccccc1)c1ccccc1.O/N=C(/C(=N/O)c1ccccc1)c1ccccc1.[CH2-]c1ccccc1.[Co].c1ccncc1. The molecule has 0 fully saturated rings. The van der Waals surface area contributed by atoms with E-state index in [4.69, 9.17) is 20.8 Å². The Bertz CT molecular complexity index is 1640. The Morgan fingerprint density at radius 3 is 0.720 bits per heavy atom. The molecule has 0 saturated carbocycles. The van der Waals surface area contributed by atoms with Crippen LogP contribution in [0.2, 0.25) is 0 Å². The minimum absolute atomic E-state index is 0. The van der Waals surface area contributed by atoms with E-state index < -0.39 is 0 Å². The molecular formula is C40H36CoN5O4-. The molecule has 9 nitrogen and oxygen atoms in total. The Hall–Kier alpha value is -6.49. The maximum atomic E-state index is 9.14. The van der Waals surface area contributed by atoms with Crippen LogP contribution >= 0.6 is 0 Å². The third-order valence-corrected chi connectivity index (χ3v) is 6.45. The summed E-state index contributed by atoms with van der Waals surface area (Å²) in [4.78, 5) is 3.78. The molecule has 10 heteroatoms. The van der Waals surface area contributed by atoms with E-state index in [1.807, 2.05) is 121 Å². The van der Waals surface area contributed by atoms with Crippen LogP contribution in [0.4, 0.5) is 0 Å². The first-order valence-electron chi connectivity index (χ1n) is 15.0. The summed E-state index contributed by atoms with van der Waals surface area (Å²) in [5, 5.41) is 49.5. The zero-order valence-corrected chi connectivity index (χ0v) is 27.9. The average molecular weight is 710 g/mol. The van der Waals surface area contributed by atoms with Crippen LogP contribution in [0, 0.1) is 6.92 Å². The van der Waals surface area contributed by atoms with Gasteiger partial charge in [0.15, 0.2) is 0 Å². The smallest absolute Gasteiger partial charge is 0.139 e. The maximum Gasteiger partial charge on any atom is 0.139 e. The molecule has 4 N–H and O–H groups in total.